The molecule has 0 amide bonds. The summed E-state index contributed by atoms with van der Waals surface area (Å²) in [5, 5.41) is 0. The summed E-state index contributed by atoms with van der Waals surface area (Å²) in [7, 11) is 0. The Kier molecular flexibility index (Phi) is 223. The molecule has 0 spiro atoms. The van der Waals surface area contributed by atoms with Crippen LogP contribution in [0.3, 0.4) is 0 Å². The van der Waals surface area contributed by atoms with E-state index < -0.39 is 0 Å². The predicted octanol–water partition coefficient (Wildman–Crippen LogP) is 4.81. The van der Waals surface area contributed by atoms with Crippen LogP contribution in [-0.4, -0.2) is 12.8 Å². The first-order valence-electron chi connectivity index (χ1n) is 2.47. The molecule has 0 saturated carbocycles. The molecule has 0 bridgehead atoms. The van der Waals surface area contributed by atoms with Crippen LogP contribution in [0.2, 0.25) is 0 Å². The van der Waals surface area contributed by atoms with Crippen molar-refractivity contribution in [3.8, 4) is 0 Å². The molecule has 1 aliphatic carbocycles. The average molecular weight is 274 g/mol. The van der Waals surface area contributed by atoms with Gasteiger partial charge in [0.15, 0.2) is 0 Å². The van der Waals surface area contributed by atoms with E-state index in [1.807, 2.05) is 12.2 Å². The van der Waals surface area contributed by atoms with Gasteiger partial charge in [-0.15, -0.1) is 29.6 Å². The van der Waals surface area contributed by atoms with Crippen molar-refractivity contribution in [2.75, 3.05) is 12.8 Å². The van der Waals surface area contributed by atoms with Crippen LogP contribution in [0.5, 0.6) is 0 Å². The minimum atomic E-state index is 0. The molecule has 0 N–H and O–H groups in total. The second-order valence-corrected chi connectivity index (χ2v) is 1.00. The van der Waals surface area contributed by atoms with E-state index in [1.165, 1.54) is 12.8 Å². The largest absolute Gasteiger partial charge is 0.358 e. The van der Waals surface area contributed by atoms with E-state index >= 15 is 0 Å². The van der Waals surface area contributed by atoms with E-state index in [4.69, 9.17) is 0 Å². The second kappa shape index (κ2) is 67.4. The van der Waals surface area contributed by atoms with Gasteiger partial charge in [0.2, 0.25) is 0 Å². The van der Waals surface area contributed by atoms with Gasteiger partial charge in [0.1, 0.15) is 0 Å². The fourth-order valence-electron chi connectivity index (χ4n) is 0.340. The Labute approximate surface area is 118 Å². The summed E-state index contributed by atoms with van der Waals surface area (Å²) in [5.74, 6) is 0. The molecule has 90 valence electrons. The van der Waals surface area contributed by atoms with Gasteiger partial charge >= 0.3 is 0 Å². The predicted molar refractivity (Wildman–Crippen MR) is 70.8 cm³/mol. The van der Waals surface area contributed by atoms with Gasteiger partial charge in [-0.1, -0.05) is 0 Å². The Morgan fingerprint density at radius 2 is 1.29 bits per heavy atom. The SMILES string of the molecule is CCl.CCl.[C-]1=CC=CC1.[CH3-].[CH3-].[CH3-].[CH3-].[Ti]. The summed E-state index contributed by atoms with van der Waals surface area (Å²) in [6.45, 7) is 0. The molecular weight excluding hydrogens is 251 g/mol. The standard InChI is InChI=1S/C5H5.2CH3Cl.4CH3.Ti/c1-2-4-5-3-1;2*1-2;;;;;/h1-3H,4H2;2*1H3;4*1H3;/q-1;;;4*-1;. The molecule has 0 nitrogen and oxygen atoms in total. The van der Waals surface area contributed by atoms with E-state index in [2.05, 4.69) is 35.4 Å². The molecule has 0 aromatic rings. The smallest absolute Gasteiger partial charge is 0.0108 e. The Morgan fingerprint density at radius 1 is 0.929 bits per heavy atom. The molecule has 0 aromatic heterocycles. The Bertz CT molecular complexity index is 71.4. The van der Waals surface area contributed by atoms with Gasteiger partial charge in [0, 0.05) is 34.5 Å². The summed E-state index contributed by atoms with van der Waals surface area (Å²) in [5.41, 5.74) is 0. The molecule has 0 aliphatic heterocycles. The van der Waals surface area contributed by atoms with E-state index in [9.17, 15) is 0 Å². The maximum Gasteiger partial charge on any atom is 0.0108 e. The summed E-state index contributed by atoms with van der Waals surface area (Å²) in [4.78, 5) is 0. The maximum atomic E-state index is 4.64. The van der Waals surface area contributed by atoms with E-state index in [1.54, 1.807) is 0 Å². The number of allylic oxidation sites excluding steroid dienone is 4. The van der Waals surface area contributed by atoms with Crippen LogP contribution in [0.15, 0.2) is 18.2 Å². The molecule has 14 heavy (non-hydrogen) atoms. The van der Waals surface area contributed by atoms with Gasteiger partial charge in [-0.3, -0.25) is 6.08 Å². The van der Waals surface area contributed by atoms with Crippen molar-refractivity contribution >= 4 is 23.2 Å². The second-order valence-electron chi connectivity index (χ2n) is 1.00. The molecule has 0 atom stereocenters. The van der Waals surface area contributed by atoms with Gasteiger partial charge in [-0.2, -0.15) is 6.08 Å². The number of alkyl halides is 2. The zero-order valence-corrected chi connectivity index (χ0v) is 13.3. The van der Waals surface area contributed by atoms with Crippen LogP contribution in [0.1, 0.15) is 6.42 Å². The maximum absolute atomic E-state index is 4.64. The van der Waals surface area contributed by atoms with Gasteiger partial charge in [-0.05, 0) is 0 Å². The van der Waals surface area contributed by atoms with Gasteiger partial charge in [0.25, 0.3) is 0 Å². The zero-order valence-electron chi connectivity index (χ0n) is 10.2. The summed E-state index contributed by atoms with van der Waals surface area (Å²) < 4.78 is 0. The van der Waals surface area contributed by atoms with Crippen LogP contribution in [-0.2, 0) is 21.7 Å². The molecule has 0 aromatic carbocycles. The molecule has 0 heterocycles. The van der Waals surface area contributed by atoms with E-state index in [0.717, 1.165) is 6.42 Å². The van der Waals surface area contributed by atoms with Crippen LogP contribution in [0, 0.1) is 35.8 Å². The van der Waals surface area contributed by atoms with Crippen molar-refractivity contribution in [2.24, 2.45) is 0 Å². The minimum absolute atomic E-state index is 0. The Hall–Kier alpha value is 0.774. The number of rotatable bonds is 0. The van der Waals surface area contributed by atoms with Gasteiger partial charge in [-0.25, -0.2) is 12.2 Å². The summed E-state index contributed by atoms with van der Waals surface area (Å²) in [6, 6.07) is 0. The molecule has 1 aliphatic rings. The quantitative estimate of drug-likeness (QED) is 0.337. The first-order chi connectivity index (χ1) is 4.50. The molecule has 0 saturated heterocycles. The fourth-order valence-corrected chi connectivity index (χ4v) is 0.340. The third-order valence-electron chi connectivity index (χ3n) is 0.586. The van der Waals surface area contributed by atoms with Crippen molar-refractivity contribution in [1.29, 1.82) is 0 Å². The molecular formula is C11H23Cl2Ti-5. The monoisotopic (exact) mass is 273 g/mol. The molecule has 0 fully saturated rings. The van der Waals surface area contributed by atoms with Crippen molar-refractivity contribution < 1.29 is 21.7 Å². The van der Waals surface area contributed by atoms with Crippen LogP contribution >= 0.6 is 23.2 Å². The third kappa shape index (κ3) is 53.1. The van der Waals surface area contributed by atoms with Crippen molar-refractivity contribution in [3.05, 3.63) is 54.0 Å². The number of halogens is 2. The number of hydrogen-bond acceptors (Lipinski definition) is 0. The molecule has 1 rings (SSSR count). The third-order valence-corrected chi connectivity index (χ3v) is 0.586. The Morgan fingerprint density at radius 3 is 1.36 bits per heavy atom. The van der Waals surface area contributed by atoms with Gasteiger partial charge < -0.3 is 29.7 Å². The topological polar surface area (TPSA) is 0 Å². The van der Waals surface area contributed by atoms with Crippen LogP contribution < -0.4 is 0 Å². The molecule has 0 unspecified atom stereocenters. The normalized spacial score (nSPS) is 7.14. The fraction of sp³-hybridized carbons (Fsp3) is 0.273. The summed E-state index contributed by atoms with van der Waals surface area (Å²) in [6.07, 6.45) is 12.9. The zero-order chi connectivity index (χ0) is 7.54. The average Bonchev–Trinajstić information content (AvgIpc) is 2.51. The Balaban J connectivity index is -0.0000000101. The first kappa shape index (κ1) is 46.4. The van der Waals surface area contributed by atoms with Crippen molar-refractivity contribution in [2.45, 2.75) is 6.42 Å². The van der Waals surface area contributed by atoms with Crippen LogP contribution in [0.25, 0.3) is 0 Å². The molecule has 0 radical (unpaired) electrons. The van der Waals surface area contributed by atoms with Crippen molar-refractivity contribution in [1.82, 2.24) is 0 Å². The summed E-state index contributed by atoms with van der Waals surface area (Å²) >= 11 is 9.28. The molecule has 3 heteroatoms. The van der Waals surface area contributed by atoms with Crippen molar-refractivity contribution in [3.63, 3.8) is 0 Å². The van der Waals surface area contributed by atoms with E-state index in [0.29, 0.717) is 0 Å². The van der Waals surface area contributed by atoms with Crippen LogP contribution in [0.4, 0.5) is 0 Å². The number of hydrogen-bond donors (Lipinski definition) is 0. The minimum Gasteiger partial charge on any atom is -0.358 e. The first-order valence-corrected chi connectivity index (χ1v) is 3.98. The van der Waals surface area contributed by atoms with E-state index in [-0.39, 0.29) is 51.4 Å². The van der Waals surface area contributed by atoms with Gasteiger partial charge in [0.05, 0.1) is 0 Å².